The molecule has 2 unspecified atom stereocenters. The Morgan fingerprint density at radius 2 is 2.06 bits per heavy atom. The van der Waals surface area contributed by atoms with Gasteiger partial charge in [-0.05, 0) is 20.8 Å². The van der Waals surface area contributed by atoms with Gasteiger partial charge in [0.1, 0.15) is 0 Å². The summed E-state index contributed by atoms with van der Waals surface area (Å²) in [7, 11) is 5.43. The summed E-state index contributed by atoms with van der Waals surface area (Å²) in [5.41, 5.74) is 2.13. The van der Waals surface area contributed by atoms with Crippen molar-refractivity contribution in [3.63, 3.8) is 0 Å². The zero-order valence-corrected chi connectivity index (χ0v) is 11.5. The molecule has 1 N–H and O–H groups in total. The minimum atomic E-state index is -0.195. The third-order valence-corrected chi connectivity index (χ3v) is 2.83. The first-order valence-corrected chi connectivity index (χ1v) is 5.80. The fourth-order valence-corrected chi connectivity index (χ4v) is 1.97. The molecule has 0 saturated heterocycles. The van der Waals surface area contributed by atoms with E-state index in [2.05, 4.69) is 10.4 Å². The average molecular weight is 238 g/mol. The van der Waals surface area contributed by atoms with E-state index in [0.717, 1.165) is 11.3 Å². The van der Waals surface area contributed by atoms with Crippen LogP contribution in [0.15, 0.2) is 6.20 Å². The van der Waals surface area contributed by atoms with Gasteiger partial charge in [-0.2, -0.15) is 5.10 Å². The second-order valence-electron chi connectivity index (χ2n) is 4.69. The Morgan fingerprint density at radius 1 is 1.47 bits per heavy atom. The van der Waals surface area contributed by atoms with Crippen molar-refractivity contribution in [3.8, 4) is 0 Å². The van der Waals surface area contributed by atoms with Gasteiger partial charge in [-0.15, -0.1) is 0 Å². The molecular formula is C12H22N4O. The van der Waals surface area contributed by atoms with Gasteiger partial charge in [0, 0.05) is 38.9 Å². The van der Waals surface area contributed by atoms with Crippen LogP contribution in [0.2, 0.25) is 0 Å². The number of carbonyl (C=O) groups excluding carboxylic acids is 1. The highest BCUT2D eigenvalue weighted by Crippen LogP contribution is 2.16. The van der Waals surface area contributed by atoms with Crippen LogP contribution in [0.25, 0.3) is 0 Å². The molecule has 0 saturated carbocycles. The summed E-state index contributed by atoms with van der Waals surface area (Å²) in [5.74, 6) is 0.0818. The summed E-state index contributed by atoms with van der Waals surface area (Å²) in [4.78, 5) is 13.3. The van der Waals surface area contributed by atoms with Crippen LogP contribution in [0.1, 0.15) is 31.1 Å². The molecule has 1 rings (SSSR count). The Labute approximate surface area is 103 Å². The molecular weight excluding hydrogens is 216 g/mol. The number of nitrogens with one attached hydrogen (secondary N) is 1. The lowest BCUT2D eigenvalue weighted by Crippen LogP contribution is -2.42. The minimum Gasteiger partial charge on any atom is -0.347 e. The van der Waals surface area contributed by atoms with Crippen molar-refractivity contribution >= 4 is 5.91 Å². The van der Waals surface area contributed by atoms with Crippen LogP contribution in [0.4, 0.5) is 0 Å². The van der Waals surface area contributed by atoms with E-state index in [-0.39, 0.29) is 18.0 Å². The van der Waals surface area contributed by atoms with Gasteiger partial charge in [0.25, 0.3) is 0 Å². The molecule has 1 amide bonds. The summed E-state index contributed by atoms with van der Waals surface area (Å²) in [6.07, 6.45) is 1.99. The van der Waals surface area contributed by atoms with Crippen molar-refractivity contribution in [2.45, 2.75) is 32.9 Å². The monoisotopic (exact) mass is 238 g/mol. The normalized spacial score (nSPS) is 14.5. The van der Waals surface area contributed by atoms with E-state index in [1.165, 1.54) is 0 Å². The smallest absolute Gasteiger partial charge is 0.238 e. The van der Waals surface area contributed by atoms with E-state index in [4.69, 9.17) is 0 Å². The molecule has 1 aromatic heterocycles. The first kappa shape index (κ1) is 13.7. The zero-order chi connectivity index (χ0) is 13.2. The van der Waals surface area contributed by atoms with Crippen molar-refractivity contribution in [1.82, 2.24) is 20.0 Å². The predicted octanol–water partition coefficient (Wildman–Crippen LogP) is 0.856. The lowest BCUT2D eigenvalue weighted by molar-refractivity contribution is -0.130. The van der Waals surface area contributed by atoms with Crippen molar-refractivity contribution in [1.29, 1.82) is 0 Å². The number of rotatable bonds is 4. The Bertz CT molecular complexity index is 397. The molecule has 0 aliphatic carbocycles. The summed E-state index contributed by atoms with van der Waals surface area (Å²) in [6.45, 7) is 5.90. The first-order valence-electron chi connectivity index (χ1n) is 5.80. The van der Waals surface area contributed by atoms with E-state index in [1.807, 2.05) is 34.0 Å². The third kappa shape index (κ3) is 3.30. The minimum absolute atomic E-state index is 0.0818. The quantitative estimate of drug-likeness (QED) is 0.846. The maximum absolute atomic E-state index is 11.7. The van der Waals surface area contributed by atoms with Crippen molar-refractivity contribution < 1.29 is 4.79 Å². The molecule has 0 bridgehead atoms. The van der Waals surface area contributed by atoms with Gasteiger partial charge in [-0.3, -0.25) is 14.8 Å². The van der Waals surface area contributed by atoms with Crippen LogP contribution in [0, 0.1) is 6.92 Å². The fourth-order valence-electron chi connectivity index (χ4n) is 1.97. The van der Waals surface area contributed by atoms with Crippen molar-refractivity contribution in [3.05, 3.63) is 17.5 Å². The Morgan fingerprint density at radius 3 is 2.47 bits per heavy atom. The van der Waals surface area contributed by atoms with Gasteiger partial charge in [0.2, 0.25) is 5.91 Å². The lowest BCUT2D eigenvalue weighted by atomic mass is 10.1. The molecule has 5 nitrogen and oxygen atoms in total. The number of hydrogen-bond donors (Lipinski definition) is 1. The molecule has 1 aromatic rings. The number of carbonyl (C=O) groups is 1. The third-order valence-electron chi connectivity index (χ3n) is 2.83. The number of aryl methyl sites for hydroxylation is 2. The molecule has 0 fully saturated rings. The van der Waals surface area contributed by atoms with E-state index in [9.17, 15) is 4.79 Å². The molecule has 0 radical (unpaired) electrons. The van der Waals surface area contributed by atoms with E-state index in [0.29, 0.717) is 0 Å². The molecule has 17 heavy (non-hydrogen) atoms. The standard InChI is InChI=1S/C12H22N4O/c1-8(11-7-16(6)14-9(11)2)13-10(3)12(17)15(4)5/h7-8,10,13H,1-6H3. The summed E-state index contributed by atoms with van der Waals surface area (Å²) >= 11 is 0. The van der Waals surface area contributed by atoms with E-state index in [1.54, 1.807) is 23.7 Å². The fraction of sp³-hybridized carbons (Fsp3) is 0.667. The molecule has 0 aromatic carbocycles. The number of likely N-dealkylation sites (N-methyl/N-ethyl adjacent to an activating group) is 1. The molecule has 0 aliphatic heterocycles. The van der Waals surface area contributed by atoms with E-state index < -0.39 is 0 Å². The molecule has 1 heterocycles. The second kappa shape index (κ2) is 5.31. The second-order valence-corrected chi connectivity index (χ2v) is 4.69. The van der Waals surface area contributed by atoms with Gasteiger partial charge in [-0.25, -0.2) is 0 Å². The summed E-state index contributed by atoms with van der Waals surface area (Å²) < 4.78 is 1.79. The maximum Gasteiger partial charge on any atom is 0.238 e. The number of hydrogen-bond acceptors (Lipinski definition) is 3. The van der Waals surface area contributed by atoms with Crippen molar-refractivity contribution in [2.75, 3.05) is 14.1 Å². The van der Waals surface area contributed by atoms with Gasteiger partial charge in [0.05, 0.1) is 11.7 Å². The van der Waals surface area contributed by atoms with E-state index >= 15 is 0 Å². The van der Waals surface area contributed by atoms with Gasteiger partial charge in [0.15, 0.2) is 0 Å². The largest absolute Gasteiger partial charge is 0.347 e. The highest BCUT2D eigenvalue weighted by Gasteiger charge is 2.19. The topological polar surface area (TPSA) is 50.2 Å². The van der Waals surface area contributed by atoms with Crippen LogP contribution in [-0.2, 0) is 11.8 Å². The predicted molar refractivity (Wildman–Crippen MR) is 67.7 cm³/mol. The first-order chi connectivity index (χ1) is 7.82. The Kier molecular flexibility index (Phi) is 4.28. The van der Waals surface area contributed by atoms with Crippen LogP contribution in [0.3, 0.4) is 0 Å². The molecule has 0 aliphatic rings. The average Bonchev–Trinajstić information content (AvgIpc) is 2.56. The summed E-state index contributed by atoms with van der Waals surface area (Å²) in [6, 6.07) is -0.0813. The molecule has 0 spiro atoms. The van der Waals surface area contributed by atoms with Gasteiger partial charge >= 0.3 is 0 Å². The van der Waals surface area contributed by atoms with Crippen LogP contribution < -0.4 is 5.32 Å². The summed E-state index contributed by atoms with van der Waals surface area (Å²) in [5, 5.41) is 7.59. The number of nitrogens with zero attached hydrogens (tertiary/aromatic N) is 3. The molecule has 2 atom stereocenters. The Balaban J connectivity index is 2.69. The SMILES string of the molecule is Cc1nn(C)cc1C(C)NC(C)C(=O)N(C)C. The van der Waals surface area contributed by atoms with Gasteiger partial charge < -0.3 is 4.90 Å². The zero-order valence-electron chi connectivity index (χ0n) is 11.5. The van der Waals surface area contributed by atoms with Crippen LogP contribution in [-0.4, -0.2) is 40.7 Å². The van der Waals surface area contributed by atoms with Crippen LogP contribution >= 0.6 is 0 Å². The molecule has 96 valence electrons. The van der Waals surface area contributed by atoms with Crippen LogP contribution in [0.5, 0.6) is 0 Å². The number of aromatic nitrogens is 2. The van der Waals surface area contributed by atoms with Crippen molar-refractivity contribution in [2.24, 2.45) is 7.05 Å². The van der Waals surface area contributed by atoms with Gasteiger partial charge in [-0.1, -0.05) is 0 Å². The highest BCUT2D eigenvalue weighted by molar-refractivity contribution is 5.80. The number of amides is 1. The lowest BCUT2D eigenvalue weighted by Gasteiger charge is -2.22. The highest BCUT2D eigenvalue weighted by atomic mass is 16.2. The molecule has 5 heteroatoms. The maximum atomic E-state index is 11.7. The Hall–Kier alpha value is -1.36.